The molecule has 0 bridgehead atoms. The van der Waals surface area contributed by atoms with Gasteiger partial charge in [0, 0.05) is 31.1 Å². The van der Waals surface area contributed by atoms with Crippen molar-refractivity contribution in [2.45, 2.75) is 45.4 Å². The van der Waals surface area contributed by atoms with Crippen molar-refractivity contribution in [3.63, 3.8) is 0 Å². The van der Waals surface area contributed by atoms with Gasteiger partial charge in [-0.05, 0) is 56.5 Å². The third kappa shape index (κ3) is 4.79. The topological polar surface area (TPSA) is 70.2 Å². The summed E-state index contributed by atoms with van der Waals surface area (Å²) in [6, 6.07) is 10.3. The molecule has 1 aliphatic heterocycles. The Hall–Kier alpha value is -2.93. The summed E-state index contributed by atoms with van der Waals surface area (Å²) in [6.07, 6.45) is 3.89. The zero-order chi connectivity index (χ0) is 21.1. The molecule has 0 atom stereocenters. The van der Waals surface area contributed by atoms with Gasteiger partial charge in [0.25, 0.3) is 5.91 Å². The quantitative estimate of drug-likeness (QED) is 0.647. The Bertz CT molecular complexity index is 1010. The fourth-order valence-corrected chi connectivity index (χ4v) is 3.76. The van der Waals surface area contributed by atoms with Crippen molar-refractivity contribution < 1.29 is 13.9 Å². The average molecular weight is 410 g/mol. The summed E-state index contributed by atoms with van der Waals surface area (Å²) in [4.78, 5) is 22.4. The number of piperidine rings is 1. The Morgan fingerprint density at radius 2 is 2.00 bits per heavy atom. The summed E-state index contributed by atoms with van der Waals surface area (Å²) >= 11 is 0. The molecule has 0 saturated carbocycles. The second-order valence-electron chi connectivity index (χ2n) is 8.05. The smallest absolute Gasteiger partial charge is 0.268 e. The molecule has 4 rings (SSSR count). The molecule has 7 heteroatoms. The molecule has 6 nitrogen and oxygen atoms in total. The Kier molecular flexibility index (Phi) is 5.99. The minimum atomic E-state index is -0.296. The molecule has 158 valence electrons. The van der Waals surface area contributed by atoms with Crippen molar-refractivity contribution in [1.29, 1.82) is 0 Å². The Labute approximate surface area is 175 Å². The monoisotopic (exact) mass is 410 g/mol. The van der Waals surface area contributed by atoms with Gasteiger partial charge >= 0.3 is 0 Å². The predicted molar refractivity (Wildman–Crippen MR) is 114 cm³/mol. The van der Waals surface area contributed by atoms with E-state index in [2.05, 4.69) is 34.0 Å². The summed E-state index contributed by atoms with van der Waals surface area (Å²) in [5, 5.41) is 3.67. The van der Waals surface area contributed by atoms with Gasteiger partial charge in [-0.3, -0.25) is 4.79 Å². The highest BCUT2D eigenvalue weighted by molar-refractivity contribution is 5.97. The molecular formula is C23H27FN4O2. The van der Waals surface area contributed by atoms with E-state index in [-0.39, 0.29) is 17.8 Å². The maximum absolute atomic E-state index is 13.0. The van der Waals surface area contributed by atoms with Crippen molar-refractivity contribution in [2.24, 2.45) is 0 Å². The van der Waals surface area contributed by atoms with Crippen LogP contribution in [0.2, 0.25) is 0 Å². The number of H-pyrrole nitrogens is 1. The van der Waals surface area contributed by atoms with Gasteiger partial charge in [-0.25, -0.2) is 9.37 Å². The number of halogens is 1. The van der Waals surface area contributed by atoms with Crippen LogP contribution in [0, 0.1) is 5.82 Å². The summed E-state index contributed by atoms with van der Waals surface area (Å²) in [5.41, 5.74) is 1.91. The Morgan fingerprint density at radius 1 is 1.27 bits per heavy atom. The first-order valence-electron chi connectivity index (χ1n) is 10.4. The van der Waals surface area contributed by atoms with Crippen LogP contribution < -0.4 is 10.1 Å². The van der Waals surface area contributed by atoms with Crippen LogP contribution in [-0.2, 0) is 6.54 Å². The predicted octanol–water partition coefficient (Wildman–Crippen LogP) is 3.88. The standard InChI is InChI=1S/C23H27FN4O2/c1-15(2)28-9-7-19(8-10-28)30-20-11-17-12-21(27-22(17)25-14-20)23(29)26-13-16-3-5-18(24)6-4-16/h3-6,11-12,14-15,19H,7-10,13H2,1-2H3,(H,25,27)(H,26,29). The number of likely N-dealkylation sites (tertiary alicyclic amines) is 1. The normalized spacial score (nSPS) is 15.6. The Balaban J connectivity index is 1.37. The highest BCUT2D eigenvalue weighted by Crippen LogP contribution is 2.23. The van der Waals surface area contributed by atoms with Gasteiger partial charge in [0.1, 0.15) is 29.0 Å². The molecule has 3 aromatic rings. The molecule has 2 N–H and O–H groups in total. The third-order valence-corrected chi connectivity index (χ3v) is 5.57. The van der Waals surface area contributed by atoms with E-state index in [1.807, 2.05) is 6.07 Å². The first-order valence-corrected chi connectivity index (χ1v) is 10.4. The van der Waals surface area contributed by atoms with Crippen molar-refractivity contribution >= 4 is 16.9 Å². The highest BCUT2D eigenvalue weighted by atomic mass is 19.1. The average Bonchev–Trinajstić information content (AvgIpc) is 3.17. The van der Waals surface area contributed by atoms with Crippen molar-refractivity contribution in [3.05, 3.63) is 59.7 Å². The molecule has 30 heavy (non-hydrogen) atoms. The minimum absolute atomic E-state index is 0.191. The highest BCUT2D eigenvalue weighted by Gasteiger charge is 2.22. The lowest BCUT2D eigenvalue weighted by Crippen LogP contribution is -2.41. The molecule has 0 aliphatic carbocycles. The lowest BCUT2D eigenvalue weighted by Gasteiger charge is -2.34. The van der Waals surface area contributed by atoms with Gasteiger partial charge in [0.2, 0.25) is 0 Å². The fourth-order valence-electron chi connectivity index (χ4n) is 3.76. The number of nitrogens with zero attached hydrogens (tertiary/aromatic N) is 2. The minimum Gasteiger partial charge on any atom is -0.489 e. The number of pyridine rings is 1. The van der Waals surface area contributed by atoms with Gasteiger partial charge < -0.3 is 19.9 Å². The second-order valence-corrected chi connectivity index (χ2v) is 8.05. The molecule has 0 spiro atoms. The van der Waals surface area contributed by atoms with Crippen LogP contribution in [0.3, 0.4) is 0 Å². The van der Waals surface area contributed by atoms with Crippen molar-refractivity contribution in [3.8, 4) is 5.75 Å². The molecule has 1 fully saturated rings. The van der Waals surface area contributed by atoms with Crippen LogP contribution in [0.4, 0.5) is 4.39 Å². The van der Waals surface area contributed by atoms with Crippen LogP contribution in [0.25, 0.3) is 11.0 Å². The van der Waals surface area contributed by atoms with Gasteiger partial charge in [-0.15, -0.1) is 0 Å². The number of nitrogens with one attached hydrogen (secondary N) is 2. The van der Waals surface area contributed by atoms with E-state index in [4.69, 9.17) is 4.74 Å². The number of carbonyl (C=O) groups is 1. The van der Waals surface area contributed by atoms with Crippen molar-refractivity contribution in [1.82, 2.24) is 20.2 Å². The molecule has 1 aromatic carbocycles. The summed E-state index contributed by atoms with van der Waals surface area (Å²) in [7, 11) is 0. The number of aromatic amines is 1. The fraction of sp³-hybridized carbons (Fsp3) is 0.391. The maximum Gasteiger partial charge on any atom is 0.268 e. The SMILES string of the molecule is CC(C)N1CCC(Oc2cnc3[nH]c(C(=O)NCc4ccc(F)cc4)cc3c2)CC1. The van der Waals surface area contributed by atoms with Gasteiger partial charge in [0.15, 0.2) is 0 Å². The summed E-state index contributed by atoms with van der Waals surface area (Å²) in [5.74, 6) is 0.193. The van der Waals surface area contributed by atoms with Crippen LogP contribution in [0.5, 0.6) is 5.75 Å². The largest absolute Gasteiger partial charge is 0.489 e. The molecule has 1 aliphatic rings. The number of ether oxygens (including phenoxy) is 1. The summed E-state index contributed by atoms with van der Waals surface area (Å²) in [6.45, 7) is 6.85. The number of fused-ring (bicyclic) bond motifs is 1. The first-order chi connectivity index (χ1) is 14.5. The first kappa shape index (κ1) is 20.3. The molecule has 0 unspecified atom stereocenters. The number of benzene rings is 1. The summed E-state index contributed by atoms with van der Waals surface area (Å²) < 4.78 is 19.1. The Morgan fingerprint density at radius 3 is 2.70 bits per heavy atom. The van der Waals surface area contributed by atoms with Crippen LogP contribution in [-0.4, -0.2) is 46.0 Å². The molecule has 0 radical (unpaired) electrons. The molecule has 1 amide bonds. The number of aromatic nitrogens is 2. The van der Waals surface area contributed by atoms with E-state index < -0.39 is 0 Å². The molecule has 1 saturated heterocycles. The number of carbonyl (C=O) groups excluding carboxylic acids is 1. The van der Waals surface area contributed by atoms with E-state index in [1.165, 1.54) is 12.1 Å². The molecule has 3 heterocycles. The van der Waals surface area contributed by atoms with E-state index in [0.29, 0.717) is 23.9 Å². The second kappa shape index (κ2) is 8.83. The zero-order valence-electron chi connectivity index (χ0n) is 17.3. The maximum atomic E-state index is 13.0. The van der Waals surface area contributed by atoms with Gasteiger partial charge in [-0.1, -0.05) is 12.1 Å². The van der Waals surface area contributed by atoms with E-state index in [0.717, 1.165) is 42.6 Å². The number of amides is 1. The van der Waals surface area contributed by atoms with Gasteiger partial charge in [0.05, 0.1) is 6.20 Å². The number of hydrogen-bond acceptors (Lipinski definition) is 4. The van der Waals surface area contributed by atoms with Crippen LogP contribution in [0.1, 0.15) is 42.7 Å². The van der Waals surface area contributed by atoms with Crippen molar-refractivity contribution in [2.75, 3.05) is 13.1 Å². The van der Waals surface area contributed by atoms with E-state index in [9.17, 15) is 9.18 Å². The molecule has 2 aromatic heterocycles. The van der Waals surface area contributed by atoms with E-state index >= 15 is 0 Å². The lowest BCUT2D eigenvalue weighted by atomic mass is 10.1. The number of rotatable bonds is 6. The third-order valence-electron chi connectivity index (χ3n) is 5.57. The van der Waals surface area contributed by atoms with Crippen LogP contribution >= 0.6 is 0 Å². The lowest BCUT2D eigenvalue weighted by molar-refractivity contribution is 0.0842. The molecular weight excluding hydrogens is 383 g/mol. The van der Waals surface area contributed by atoms with E-state index in [1.54, 1.807) is 24.4 Å². The van der Waals surface area contributed by atoms with Gasteiger partial charge in [-0.2, -0.15) is 0 Å². The zero-order valence-corrected chi connectivity index (χ0v) is 17.3. The van der Waals surface area contributed by atoms with Crippen LogP contribution in [0.15, 0.2) is 42.6 Å². The number of hydrogen-bond donors (Lipinski definition) is 2.